The molecule has 182 valence electrons. The summed E-state index contributed by atoms with van der Waals surface area (Å²) >= 11 is 0. The number of carbonyl (C=O) groups is 2. The maximum Gasteiger partial charge on any atom is 0.416 e. The Bertz CT molecular complexity index is 1030. The molecular weight excluding hydrogens is 443 g/mol. The fourth-order valence-corrected chi connectivity index (χ4v) is 4.14. The van der Waals surface area contributed by atoms with E-state index in [9.17, 15) is 14.0 Å². The van der Waals surface area contributed by atoms with Gasteiger partial charge in [0.2, 0.25) is 5.95 Å². The number of cyclic esters (lactones) is 1. The smallest absolute Gasteiger partial charge is 0.416 e. The van der Waals surface area contributed by atoms with E-state index in [-0.39, 0.29) is 12.6 Å². The first-order chi connectivity index (χ1) is 16.3. The standard InChI is InChI=1S/C23H29FN6O4/c1-23(2)15-34-22(33)30(23)19-7-8-25-20(27-19)26-18(13-24)17-5-3-16(4-6-17)14-28-9-11-29(12-10-28)21(31)32/h3-8,18H,9-15H2,1-2H3,(H,31,32)(H,25,26,27). The molecule has 3 heterocycles. The quantitative estimate of drug-likeness (QED) is 0.632. The molecule has 2 saturated heterocycles. The third-order valence-corrected chi connectivity index (χ3v) is 6.10. The van der Waals surface area contributed by atoms with E-state index in [0.717, 1.165) is 11.1 Å². The van der Waals surface area contributed by atoms with E-state index in [2.05, 4.69) is 20.2 Å². The van der Waals surface area contributed by atoms with E-state index < -0.39 is 30.4 Å². The van der Waals surface area contributed by atoms with Crippen molar-refractivity contribution in [1.82, 2.24) is 19.8 Å². The fraction of sp³-hybridized carbons (Fsp3) is 0.478. The van der Waals surface area contributed by atoms with E-state index >= 15 is 0 Å². The summed E-state index contributed by atoms with van der Waals surface area (Å²) in [5, 5.41) is 12.1. The van der Waals surface area contributed by atoms with Crippen molar-refractivity contribution in [1.29, 1.82) is 0 Å². The second kappa shape index (κ2) is 9.80. The molecule has 1 unspecified atom stereocenters. The van der Waals surface area contributed by atoms with Crippen LogP contribution in [0.1, 0.15) is 31.0 Å². The SMILES string of the molecule is CC1(C)COC(=O)N1c1ccnc(NC(CF)c2ccc(CN3CCN(C(=O)O)CC3)cc2)n1. The number of halogens is 1. The van der Waals surface area contributed by atoms with Crippen molar-refractivity contribution in [3.8, 4) is 0 Å². The molecule has 0 radical (unpaired) electrons. The first-order valence-corrected chi connectivity index (χ1v) is 11.2. The molecule has 2 aromatic rings. The highest BCUT2D eigenvalue weighted by molar-refractivity contribution is 5.90. The fourth-order valence-electron chi connectivity index (χ4n) is 4.14. The number of alkyl halides is 1. The minimum absolute atomic E-state index is 0.219. The van der Waals surface area contributed by atoms with Crippen LogP contribution in [0.25, 0.3) is 0 Å². The molecule has 2 aliphatic heterocycles. The van der Waals surface area contributed by atoms with Gasteiger partial charge < -0.3 is 20.1 Å². The topological polar surface area (TPSA) is 111 Å². The number of anilines is 2. The number of hydrogen-bond donors (Lipinski definition) is 2. The number of carboxylic acid groups (broad SMARTS) is 1. The number of hydrogen-bond acceptors (Lipinski definition) is 7. The molecule has 1 atom stereocenters. The maximum atomic E-state index is 13.9. The Morgan fingerprint density at radius 1 is 1.21 bits per heavy atom. The first-order valence-electron chi connectivity index (χ1n) is 11.2. The average Bonchev–Trinajstić information content (AvgIpc) is 3.10. The number of nitrogens with zero attached hydrogens (tertiary/aromatic N) is 5. The Labute approximate surface area is 197 Å². The summed E-state index contributed by atoms with van der Waals surface area (Å²) < 4.78 is 19.1. The highest BCUT2D eigenvalue weighted by Gasteiger charge is 2.42. The molecule has 0 saturated carbocycles. The van der Waals surface area contributed by atoms with Gasteiger partial charge in [0.05, 0.1) is 11.6 Å². The van der Waals surface area contributed by atoms with E-state index in [4.69, 9.17) is 9.84 Å². The largest absolute Gasteiger partial charge is 0.465 e. The van der Waals surface area contributed by atoms with Crippen LogP contribution in [0.4, 0.5) is 25.7 Å². The molecule has 0 aliphatic carbocycles. The van der Waals surface area contributed by atoms with Crippen LogP contribution >= 0.6 is 0 Å². The normalized spacial score (nSPS) is 19.1. The molecule has 0 bridgehead atoms. The van der Waals surface area contributed by atoms with Gasteiger partial charge in [-0.25, -0.2) is 19.0 Å². The Balaban J connectivity index is 1.40. The Morgan fingerprint density at radius 3 is 2.50 bits per heavy atom. The van der Waals surface area contributed by atoms with Gasteiger partial charge in [-0.1, -0.05) is 24.3 Å². The predicted molar refractivity (Wildman–Crippen MR) is 124 cm³/mol. The molecule has 2 N–H and O–H groups in total. The van der Waals surface area contributed by atoms with E-state index in [1.807, 2.05) is 38.1 Å². The van der Waals surface area contributed by atoms with Crippen molar-refractivity contribution in [3.05, 3.63) is 47.7 Å². The number of ether oxygens (including phenoxy) is 1. The van der Waals surface area contributed by atoms with Gasteiger partial charge in [-0.3, -0.25) is 9.80 Å². The molecular formula is C23H29FN6O4. The first kappa shape index (κ1) is 23.7. The van der Waals surface area contributed by atoms with Crippen molar-refractivity contribution >= 4 is 24.0 Å². The molecule has 4 rings (SSSR count). The van der Waals surface area contributed by atoms with Crippen LogP contribution < -0.4 is 10.2 Å². The lowest BCUT2D eigenvalue weighted by Gasteiger charge is -2.33. The third kappa shape index (κ3) is 5.19. The van der Waals surface area contributed by atoms with E-state index in [1.54, 1.807) is 6.07 Å². The van der Waals surface area contributed by atoms with Gasteiger partial charge in [-0.05, 0) is 31.0 Å². The Hall–Kier alpha value is -3.47. The van der Waals surface area contributed by atoms with Gasteiger partial charge in [-0.15, -0.1) is 0 Å². The lowest BCUT2D eigenvalue weighted by Crippen LogP contribution is -2.47. The van der Waals surface area contributed by atoms with Crippen molar-refractivity contribution in [3.63, 3.8) is 0 Å². The molecule has 1 aromatic heterocycles. The summed E-state index contributed by atoms with van der Waals surface area (Å²) in [6, 6.07) is 8.60. The average molecular weight is 473 g/mol. The van der Waals surface area contributed by atoms with Gasteiger partial charge in [0.1, 0.15) is 19.1 Å². The second-order valence-electron chi connectivity index (χ2n) is 9.08. The number of aromatic nitrogens is 2. The molecule has 10 nitrogen and oxygen atoms in total. The molecule has 2 fully saturated rings. The molecule has 11 heteroatoms. The zero-order valence-corrected chi connectivity index (χ0v) is 19.3. The van der Waals surface area contributed by atoms with E-state index in [0.29, 0.717) is 38.5 Å². The van der Waals surface area contributed by atoms with Crippen molar-refractivity contribution in [2.24, 2.45) is 0 Å². The van der Waals surface area contributed by atoms with E-state index in [1.165, 1.54) is 16.0 Å². The van der Waals surface area contributed by atoms with Crippen LogP contribution in [-0.4, -0.2) is 82.1 Å². The number of piperazine rings is 1. The van der Waals surface area contributed by atoms with Crippen LogP contribution in [0.3, 0.4) is 0 Å². The molecule has 2 amide bonds. The van der Waals surface area contributed by atoms with Gasteiger partial charge in [-0.2, -0.15) is 4.98 Å². The lowest BCUT2D eigenvalue weighted by atomic mass is 10.1. The minimum Gasteiger partial charge on any atom is -0.465 e. The highest BCUT2D eigenvalue weighted by Crippen LogP contribution is 2.29. The Kier molecular flexibility index (Phi) is 6.82. The zero-order chi connectivity index (χ0) is 24.3. The third-order valence-electron chi connectivity index (χ3n) is 6.10. The summed E-state index contributed by atoms with van der Waals surface area (Å²) in [5.41, 5.74) is 1.27. The van der Waals surface area contributed by atoms with Crippen molar-refractivity contribution in [2.45, 2.75) is 32.0 Å². The zero-order valence-electron chi connectivity index (χ0n) is 19.3. The summed E-state index contributed by atoms with van der Waals surface area (Å²) in [5.74, 6) is 0.608. The monoisotopic (exact) mass is 472 g/mol. The summed E-state index contributed by atoms with van der Waals surface area (Å²) in [4.78, 5) is 36.9. The Morgan fingerprint density at radius 2 is 1.91 bits per heavy atom. The second-order valence-corrected chi connectivity index (χ2v) is 9.08. The molecule has 2 aliphatic rings. The van der Waals surface area contributed by atoms with Crippen LogP contribution in [-0.2, 0) is 11.3 Å². The number of nitrogens with one attached hydrogen (secondary N) is 1. The van der Waals surface area contributed by atoms with Crippen LogP contribution in [0.5, 0.6) is 0 Å². The van der Waals surface area contributed by atoms with Crippen molar-refractivity contribution < 1.29 is 23.8 Å². The van der Waals surface area contributed by atoms with Crippen LogP contribution in [0, 0.1) is 0 Å². The van der Waals surface area contributed by atoms with Crippen LogP contribution in [0.2, 0.25) is 0 Å². The summed E-state index contributed by atoms with van der Waals surface area (Å²) in [7, 11) is 0. The predicted octanol–water partition coefficient (Wildman–Crippen LogP) is 3.13. The van der Waals surface area contributed by atoms with Gasteiger partial charge in [0.25, 0.3) is 0 Å². The van der Waals surface area contributed by atoms with Gasteiger partial charge >= 0.3 is 12.2 Å². The van der Waals surface area contributed by atoms with Gasteiger partial charge in [0.15, 0.2) is 0 Å². The molecule has 34 heavy (non-hydrogen) atoms. The number of carbonyl (C=O) groups excluding carboxylic acids is 1. The maximum absolute atomic E-state index is 13.9. The molecule has 0 spiro atoms. The lowest BCUT2D eigenvalue weighted by molar-refractivity contribution is 0.103. The van der Waals surface area contributed by atoms with Crippen LogP contribution in [0.15, 0.2) is 36.5 Å². The summed E-state index contributed by atoms with van der Waals surface area (Å²) in [6.45, 7) is 6.40. The molecule has 1 aromatic carbocycles. The highest BCUT2D eigenvalue weighted by atomic mass is 19.1. The number of benzene rings is 1. The summed E-state index contributed by atoms with van der Waals surface area (Å²) in [6.07, 6.45) is 0.165. The number of rotatable bonds is 7. The minimum atomic E-state index is -0.882. The van der Waals surface area contributed by atoms with Gasteiger partial charge in [0, 0.05) is 38.9 Å². The van der Waals surface area contributed by atoms with Crippen molar-refractivity contribution in [2.75, 3.05) is 49.7 Å². The number of amides is 2.